The van der Waals surface area contributed by atoms with Crippen molar-refractivity contribution in [2.75, 3.05) is 0 Å². The quantitative estimate of drug-likeness (QED) is 0.613. The molecule has 0 aliphatic carbocycles. The second-order valence-electron chi connectivity index (χ2n) is 5.95. The van der Waals surface area contributed by atoms with E-state index in [0.29, 0.717) is 0 Å². The molecule has 0 atom stereocenters. The van der Waals surface area contributed by atoms with Crippen molar-refractivity contribution in [1.29, 1.82) is 0 Å². The molecule has 0 aromatic heterocycles. The van der Waals surface area contributed by atoms with Gasteiger partial charge in [0, 0.05) is 0 Å². The highest BCUT2D eigenvalue weighted by Gasteiger charge is 2.51. The van der Waals surface area contributed by atoms with Crippen molar-refractivity contribution in [2.45, 2.75) is 25.8 Å². The Morgan fingerprint density at radius 3 is 1.55 bits per heavy atom. The maximum atomic E-state index is 6.27. The van der Waals surface area contributed by atoms with Gasteiger partial charge in [-0.25, -0.2) is 0 Å². The Balaban J connectivity index is 2.73. The SMILES string of the molecule is C=CO[Si](c1ccccc1)(c1ccccc1)C(C)(C)C. The zero-order valence-electron chi connectivity index (χ0n) is 12.5. The van der Waals surface area contributed by atoms with Gasteiger partial charge in [0.1, 0.15) is 0 Å². The van der Waals surface area contributed by atoms with E-state index in [2.05, 4.69) is 75.9 Å². The summed E-state index contributed by atoms with van der Waals surface area (Å²) in [5, 5.41) is 2.57. The standard InChI is InChI=1S/C18H22OSi/c1-5-19-20(18(2,3)4,16-12-8-6-9-13-16)17-14-10-7-11-15-17/h5-15H,1H2,2-4H3. The van der Waals surface area contributed by atoms with Gasteiger partial charge in [-0.15, -0.1) is 0 Å². The molecule has 0 amide bonds. The summed E-state index contributed by atoms with van der Waals surface area (Å²) < 4.78 is 6.27. The Bertz CT molecular complexity index is 515. The van der Waals surface area contributed by atoms with Crippen LogP contribution in [0.4, 0.5) is 0 Å². The molecule has 0 unspecified atom stereocenters. The van der Waals surface area contributed by atoms with Gasteiger partial charge in [-0.05, 0) is 15.4 Å². The summed E-state index contributed by atoms with van der Waals surface area (Å²) in [5.41, 5.74) is 0. The Hall–Kier alpha value is -1.80. The molecule has 0 heterocycles. The Labute approximate surface area is 123 Å². The summed E-state index contributed by atoms with van der Waals surface area (Å²) in [7, 11) is -2.37. The van der Waals surface area contributed by atoms with Gasteiger partial charge in [-0.3, -0.25) is 0 Å². The van der Waals surface area contributed by atoms with E-state index < -0.39 is 8.32 Å². The minimum Gasteiger partial charge on any atom is -0.540 e. The molecule has 2 heteroatoms. The number of rotatable bonds is 4. The second-order valence-corrected chi connectivity index (χ2v) is 10.2. The van der Waals surface area contributed by atoms with Gasteiger partial charge in [0.15, 0.2) is 0 Å². The molecule has 20 heavy (non-hydrogen) atoms. The van der Waals surface area contributed by atoms with Crippen LogP contribution < -0.4 is 10.4 Å². The lowest BCUT2D eigenvalue weighted by molar-refractivity contribution is 0.446. The van der Waals surface area contributed by atoms with Gasteiger partial charge in [-0.1, -0.05) is 88.0 Å². The fourth-order valence-corrected chi connectivity index (χ4v) is 7.08. The zero-order valence-corrected chi connectivity index (χ0v) is 13.5. The predicted molar refractivity (Wildman–Crippen MR) is 88.9 cm³/mol. The number of hydrogen-bond acceptors (Lipinski definition) is 1. The zero-order chi connectivity index (χ0) is 14.6. The van der Waals surface area contributed by atoms with Gasteiger partial charge in [-0.2, -0.15) is 0 Å². The number of benzene rings is 2. The summed E-state index contributed by atoms with van der Waals surface area (Å²) in [5.74, 6) is 0. The van der Waals surface area contributed by atoms with Crippen LogP contribution in [0.2, 0.25) is 5.04 Å². The van der Waals surface area contributed by atoms with E-state index >= 15 is 0 Å². The Morgan fingerprint density at radius 1 is 0.850 bits per heavy atom. The molecule has 0 aliphatic rings. The highest BCUT2D eigenvalue weighted by Crippen LogP contribution is 2.36. The van der Waals surface area contributed by atoms with E-state index in [9.17, 15) is 0 Å². The van der Waals surface area contributed by atoms with E-state index in [-0.39, 0.29) is 5.04 Å². The molecular weight excluding hydrogens is 260 g/mol. The molecule has 2 rings (SSSR count). The van der Waals surface area contributed by atoms with E-state index in [4.69, 9.17) is 4.43 Å². The molecule has 0 fully saturated rings. The summed E-state index contributed by atoms with van der Waals surface area (Å²) >= 11 is 0. The molecule has 2 aromatic rings. The predicted octanol–water partition coefficient (Wildman–Crippen LogP) is 3.71. The summed E-state index contributed by atoms with van der Waals surface area (Å²) in [6, 6.07) is 21.1. The monoisotopic (exact) mass is 282 g/mol. The summed E-state index contributed by atoms with van der Waals surface area (Å²) in [6.07, 6.45) is 1.61. The molecule has 0 saturated heterocycles. The van der Waals surface area contributed by atoms with Crippen molar-refractivity contribution in [3.05, 3.63) is 73.5 Å². The molecule has 2 aromatic carbocycles. The fraction of sp³-hybridized carbons (Fsp3) is 0.222. The molecule has 0 radical (unpaired) electrons. The largest absolute Gasteiger partial charge is 0.540 e. The van der Waals surface area contributed by atoms with Gasteiger partial charge in [0.05, 0.1) is 6.26 Å². The summed E-state index contributed by atoms with van der Waals surface area (Å²) in [6.45, 7) is 10.6. The maximum Gasteiger partial charge on any atom is 0.319 e. The van der Waals surface area contributed by atoms with Crippen LogP contribution in [0.25, 0.3) is 0 Å². The first-order chi connectivity index (χ1) is 9.52. The average Bonchev–Trinajstić information content (AvgIpc) is 2.45. The van der Waals surface area contributed by atoms with Crippen LogP contribution in [0.3, 0.4) is 0 Å². The van der Waals surface area contributed by atoms with Gasteiger partial charge in [0.2, 0.25) is 0 Å². The van der Waals surface area contributed by atoms with Gasteiger partial charge < -0.3 is 4.43 Å². The lowest BCUT2D eigenvalue weighted by atomic mass is 10.2. The van der Waals surface area contributed by atoms with Crippen molar-refractivity contribution in [3.63, 3.8) is 0 Å². The summed E-state index contributed by atoms with van der Waals surface area (Å²) in [4.78, 5) is 0. The van der Waals surface area contributed by atoms with E-state index in [0.717, 1.165) is 0 Å². The van der Waals surface area contributed by atoms with E-state index in [1.165, 1.54) is 10.4 Å². The third-order valence-electron chi connectivity index (χ3n) is 3.68. The highest BCUT2D eigenvalue weighted by molar-refractivity contribution is 6.99. The molecule has 0 bridgehead atoms. The second kappa shape index (κ2) is 5.67. The third kappa shape index (κ3) is 2.43. The lowest BCUT2D eigenvalue weighted by Gasteiger charge is -2.41. The van der Waals surface area contributed by atoms with Crippen LogP contribution in [0.15, 0.2) is 73.5 Å². The fourth-order valence-electron chi connectivity index (χ4n) is 2.82. The average molecular weight is 282 g/mol. The topological polar surface area (TPSA) is 9.23 Å². The highest BCUT2D eigenvalue weighted by atomic mass is 28.4. The molecule has 0 spiro atoms. The first-order valence-corrected chi connectivity index (χ1v) is 8.83. The van der Waals surface area contributed by atoms with Crippen LogP contribution in [0, 0.1) is 0 Å². The van der Waals surface area contributed by atoms with Crippen LogP contribution in [0.5, 0.6) is 0 Å². The molecular formula is C18H22OSi. The van der Waals surface area contributed by atoms with Crippen LogP contribution >= 0.6 is 0 Å². The molecule has 0 aliphatic heterocycles. The first-order valence-electron chi connectivity index (χ1n) is 6.92. The molecule has 1 nitrogen and oxygen atoms in total. The Kier molecular flexibility index (Phi) is 4.14. The smallest absolute Gasteiger partial charge is 0.319 e. The molecule has 104 valence electrons. The van der Waals surface area contributed by atoms with Gasteiger partial charge >= 0.3 is 8.32 Å². The van der Waals surface area contributed by atoms with Crippen molar-refractivity contribution in [2.24, 2.45) is 0 Å². The number of hydrogen-bond donors (Lipinski definition) is 0. The maximum absolute atomic E-state index is 6.27. The van der Waals surface area contributed by atoms with Crippen molar-refractivity contribution < 1.29 is 4.43 Å². The van der Waals surface area contributed by atoms with Crippen LogP contribution in [0.1, 0.15) is 20.8 Å². The minimum absolute atomic E-state index is 0.0178. The normalized spacial score (nSPS) is 11.9. The third-order valence-corrected chi connectivity index (χ3v) is 8.60. The van der Waals surface area contributed by atoms with Crippen molar-refractivity contribution >= 4 is 18.7 Å². The van der Waals surface area contributed by atoms with Crippen molar-refractivity contribution in [3.8, 4) is 0 Å². The van der Waals surface area contributed by atoms with E-state index in [1.54, 1.807) is 6.26 Å². The molecule has 0 N–H and O–H groups in total. The van der Waals surface area contributed by atoms with E-state index in [1.807, 2.05) is 12.1 Å². The molecule has 0 saturated carbocycles. The van der Waals surface area contributed by atoms with Crippen LogP contribution in [-0.2, 0) is 4.43 Å². The lowest BCUT2D eigenvalue weighted by Crippen LogP contribution is -2.65. The minimum atomic E-state index is -2.37. The first kappa shape index (κ1) is 14.6. The van der Waals surface area contributed by atoms with Gasteiger partial charge in [0.25, 0.3) is 0 Å². The van der Waals surface area contributed by atoms with Crippen LogP contribution in [-0.4, -0.2) is 8.32 Å². The van der Waals surface area contributed by atoms with Crippen molar-refractivity contribution in [1.82, 2.24) is 0 Å². The Morgan fingerprint density at radius 2 is 1.25 bits per heavy atom.